The zero-order valence-corrected chi connectivity index (χ0v) is 13.9. The molecule has 1 atom stereocenters. The Labute approximate surface area is 132 Å². The van der Waals surface area contributed by atoms with Crippen LogP contribution in [0.5, 0.6) is 0 Å². The van der Waals surface area contributed by atoms with Crippen molar-refractivity contribution in [3.63, 3.8) is 0 Å². The summed E-state index contributed by atoms with van der Waals surface area (Å²) in [4.78, 5) is 2.45. The number of hydrogen-bond acceptors (Lipinski definition) is 3. The lowest BCUT2D eigenvalue weighted by atomic mass is 9.99. The second-order valence-electron chi connectivity index (χ2n) is 6.65. The van der Waals surface area contributed by atoms with Crippen molar-refractivity contribution in [1.29, 1.82) is 0 Å². The first-order chi connectivity index (χ1) is 10.6. The third kappa shape index (κ3) is 2.91. The predicted octanol–water partition coefficient (Wildman–Crippen LogP) is 2.28. The zero-order chi connectivity index (χ0) is 15.7. The molecule has 22 heavy (non-hydrogen) atoms. The Morgan fingerprint density at radius 2 is 2.00 bits per heavy atom. The SMILES string of the molecule is COCCN1Cc2cc3c(CC(C)CN)cn(C)c3cc2C1. The molecule has 0 saturated heterocycles. The van der Waals surface area contributed by atoms with Gasteiger partial charge in [0, 0.05) is 50.9 Å². The van der Waals surface area contributed by atoms with E-state index in [0.717, 1.165) is 39.2 Å². The zero-order valence-electron chi connectivity index (χ0n) is 13.9. The van der Waals surface area contributed by atoms with Gasteiger partial charge in [-0.05, 0) is 47.7 Å². The van der Waals surface area contributed by atoms with Crippen molar-refractivity contribution in [1.82, 2.24) is 9.47 Å². The highest BCUT2D eigenvalue weighted by Crippen LogP contribution is 2.31. The first-order valence-electron chi connectivity index (χ1n) is 8.13. The number of benzene rings is 1. The maximum atomic E-state index is 5.80. The van der Waals surface area contributed by atoms with Crippen molar-refractivity contribution < 1.29 is 4.74 Å². The predicted molar refractivity (Wildman–Crippen MR) is 90.8 cm³/mol. The van der Waals surface area contributed by atoms with Crippen LogP contribution >= 0.6 is 0 Å². The fourth-order valence-corrected chi connectivity index (χ4v) is 3.43. The van der Waals surface area contributed by atoms with Gasteiger partial charge in [0.05, 0.1) is 6.61 Å². The van der Waals surface area contributed by atoms with Crippen LogP contribution in [0.1, 0.15) is 23.6 Å². The molecule has 0 spiro atoms. The Morgan fingerprint density at radius 1 is 1.27 bits per heavy atom. The Hall–Kier alpha value is -1.36. The summed E-state index contributed by atoms with van der Waals surface area (Å²) in [7, 11) is 3.91. The quantitative estimate of drug-likeness (QED) is 0.890. The maximum Gasteiger partial charge on any atom is 0.0589 e. The molecule has 0 bridgehead atoms. The Balaban J connectivity index is 1.90. The fourth-order valence-electron chi connectivity index (χ4n) is 3.43. The number of ether oxygens (including phenoxy) is 1. The molecule has 2 aromatic rings. The molecule has 2 heterocycles. The summed E-state index contributed by atoms with van der Waals surface area (Å²) < 4.78 is 7.46. The molecule has 4 heteroatoms. The third-order valence-corrected chi connectivity index (χ3v) is 4.76. The summed E-state index contributed by atoms with van der Waals surface area (Å²) in [6, 6.07) is 4.77. The number of hydrogen-bond donors (Lipinski definition) is 1. The molecule has 0 radical (unpaired) electrons. The van der Waals surface area contributed by atoms with Gasteiger partial charge in [-0.2, -0.15) is 0 Å². The highest BCUT2D eigenvalue weighted by atomic mass is 16.5. The van der Waals surface area contributed by atoms with Gasteiger partial charge in [0.1, 0.15) is 0 Å². The van der Waals surface area contributed by atoms with Gasteiger partial charge < -0.3 is 15.0 Å². The molecular formula is C18H27N3O. The van der Waals surface area contributed by atoms with Crippen LogP contribution in [0.4, 0.5) is 0 Å². The van der Waals surface area contributed by atoms with E-state index in [-0.39, 0.29) is 0 Å². The van der Waals surface area contributed by atoms with Crippen LogP contribution in [0.2, 0.25) is 0 Å². The van der Waals surface area contributed by atoms with Crippen molar-refractivity contribution in [2.75, 3.05) is 26.8 Å². The van der Waals surface area contributed by atoms with E-state index in [9.17, 15) is 0 Å². The molecule has 1 aromatic heterocycles. The van der Waals surface area contributed by atoms with E-state index in [1.807, 2.05) is 0 Å². The first-order valence-corrected chi connectivity index (χ1v) is 8.13. The van der Waals surface area contributed by atoms with E-state index in [4.69, 9.17) is 10.5 Å². The number of fused-ring (bicyclic) bond motifs is 2. The number of nitrogens with two attached hydrogens (primary N) is 1. The van der Waals surface area contributed by atoms with Gasteiger partial charge in [-0.1, -0.05) is 6.92 Å². The minimum Gasteiger partial charge on any atom is -0.383 e. The van der Waals surface area contributed by atoms with Crippen LogP contribution in [0, 0.1) is 5.92 Å². The molecule has 120 valence electrons. The average molecular weight is 301 g/mol. The second-order valence-corrected chi connectivity index (χ2v) is 6.65. The second kappa shape index (κ2) is 6.41. The molecule has 1 aliphatic heterocycles. The number of rotatable bonds is 6. The van der Waals surface area contributed by atoms with Crippen LogP contribution in [0.15, 0.2) is 18.3 Å². The molecule has 4 nitrogen and oxygen atoms in total. The number of aryl methyl sites for hydroxylation is 1. The summed E-state index contributed by atoms with van der Waals surface area (Å²) in [6.07, 6.45) is 3.33. The molecule has 0 amide bonds. The van der Waals surface area contributed by atoms with Crippen LogP contribution in [-0.4, -0.2) is 36.3 Å². The standard InChI is InChI=1S/C18H27N3O/c1-13(9-19)6-16-10-20(2)18-8-15-12-21(4-5-22-3)11-14(15)7-17(16)18/h7-8,10,13H,4-6,9,11-12,19H2,1-3H3. The van der Waals surface area contributed by atoms with Gasteiger partial charge in [0.2, 0.25) is 0 Å². The van der Waals surface area contributed by atoms with E-state index >= 15 is 0 Å². The van der Waals surface area contributed by atoms with Crippen LogP contribution in [0.3, 0.4) is 0 Å². The van der Waals surface area contributed by atoms with E-state index in [1.165, 1.54) is 27.6 Å². The van der Waals surface area contributed by atoms with Crippen molar-refractivity contribution in [3.05, 3.63) is 35.0 Å². The summed E-state index contributed by atoms with van der Waals surface area (Å²) >= 11 is 0. The summed E-state index contributed by atoms with van der Waals surface area (Å²) in [5.74, 6) is 0.525. The molecule has 1 unspecified atom stereocenters. The molecule has 1 aromatic carbocycles. The Kier molecular flexibility index (Phi) is 4.52. The lowest BCUT2D eigenvalue weighted by Crippen LogP contribution is -2.21. The fraction of sp³-hybridized carbons (Fsp3) is 0.556. The highest BCUT2D eigenvalue weighted by molar-refractivity contribution is 5.85. The summed E-state index contributed by atoms with van der Waals surface area (Å²) in [5.41, 5.74) is 11.5. The summed E-state index contributed by atoms with van der Waals surface area (Å²) in [5, 5.41) is 1.40. The monoisotopic (exact) mass is 301 g/mol. The number of aromatic nitrogens is 1. The van der Waals surface area contributed by atoms with E-state index in [1.54, 1.807) is 7.11 Å². The summed E-state index contributed by atoms with van der Waals surface area (Å²) in [6.45, 7) is 6.83. The van der Waals surface area contributed by atoms with Crippen LogP contribution < -0.4 is 5.73 Å². The van der Waals surface area contributed by atoms with Gasteiger partial charge in [-0.3, -0.25) is 4.90 Å². The van der Waals surface area contributed by atoms with Crippen molar-refractivity contribution in [2.24, 2.45) is 18.7 Å². The van der Waals surface area contributed by atoms with Gasteiger partial charge in [0.25, 0.3) is 0 Å². The number of methoxy groups -OCH3 is 1. The minimum atomic E-state index is 0.525. The molecule has 3 rings (SSSR count). The largest absolute Gasteiger partial charge is 0.383 e. The maximum absolute atomic E-state index is 5.80. The van der Waals surface area contributed by atoms with Gasteiger partial charge in [-0.15, -0.1) is 0 Å². The minimum absolute atomic E-state index is 0.525. The van der Waals surface area contributed by atoms with Crippen molar-refractivity contribution in [3.8, 4) is 0 Å². The lowest BCUT2D eigenvalue weighted by molar-refractivity contribution is 0.147. The average Bonchev–Trinajstić information content (AvgIpc) is 3.04. The molecular weight excluding hydrogens is 274 g/mol. The topological polar surface area (TPSA) is 43.4 Å². The first kappa shape index (κ1) is 15.5. The van der Waals surface area contributed by atoms with Gasteiger partial charge in [-0.25, -0.2) is 0 Å². The van der Waals surface area contributed by atoms with E-state index < -0.39 is 0 Å². The highest BCUT2D eigenvalue weighted by Gasteiger charge is 2.21. The van der Waals surface area contributed by atoms with Crippen molar-refractivity contribution >= 4 is 10.9 Å². The molecule has 0 fully saturated rings. The number of nitrogens with zero attached hydrogens (tertiary/aromatic N) is 2. The molecule has 0 saturated carbocycles. The Morgan fingerprint density at radius 3 is 2.68 bits per heavy atom. The van der Waals surface area contributed by atoms with E-state index in [2.05, 4.69) is 41.8 Å². The van der Waals surface area contributed by atoms with Crippen LogP contribution in [0.25, 0.3) is 10.9 Å². The lowest BCUT2D eigenvalue weighted by Gasteiger charge is -2.13. The Bertz CT molecular complexity index is 662. The van der Waals surface area contributed by atoms with E-state index in [0.29, 0.717) is 5.92 Å². The normalized spacial score (nSPS) is 16.4. The van der Waals surface area contributed by atoms with Gasteiger partial charge in [0.15, 0.2) is 0 Å². The van der Waals surface area contributed by atoms with Crippen LogP contribution in [-0.2, 0) is 31.3 Å². The molecule has 0 aliphatic carbocycles. The van der Waals surface area contributed by atoms with Gasteiger partial charge >= 0.3 is 0 Å². The van der Waals surface area contributed by atoms with Crippen molar-refractivity contribution in [2.45, 2.75) is 26.4 Å². The smallest absolute Gasteiger partial charge is 0.0589 e. The third-order valence-electron chi connectivity index (χ3n) is 4.76. The molecule has 1 aliphatic rings. The molecule has 2 N–H and O–H groups in total.